The molecule has 1 aromatic carbocycles. The Morgan fingerprint density at radius 3 is 2.76 bits per heavy atom. The van der Waals surface area contributed by atoms with Gasteiger partial charge in [-0.25, -0.2) is 0 Å². The van der Waals surface area contributed by atoms with Crippen molar-refractivity contribution >= 4 is 11.9 Å². The largest absolute Gasteiger partial charge is 0.481 e. The fourth-order valence-electron chi connectivity index (χ4n) is 3.98. The molecule has 1 amide bonds. The Kier molecular flexibility index (Phi) is 6.08. The van der Waals surface area contributed by atoms with Crippen molar-refractivity contribution in [2.24, 2.45) is 11.8 Å². The van der Waals surface area contributed by atoms with E-state index in [9.17, 15) is 9.59 Å². The fourth-order valence-corrected chi connectivity index (χ4v) is 3.98. The summed E-state index contributed by atoms with van der Waals surface area (Å²) in [6, 6.07) is 8.47. The van der Waals surface area contributed by atoms with Crippen LogP contribution in [0.15, 0.2) is 24.3 Å². The Balaban J connectivity index is 1.35. The highest BCUT2D eigenvalue weighted by atomic mass is 16.5. The number of carboxylic acids is 1. The minimum Gasteiger partial charge on any atom is -0.481 e. The minimum atomic E-state index is -0.781. The highest BCUT2D eigenvalue weighted by molar-refractivity contribution is 5.80. The predicted octanol–water partition coefficient (Wildman–Crippen LogP) is 3.09. The molecule has 0 bridgehead atoms. The number of fused-ring (bicyclic) bond motifs is 1. The van der Waals surface area contributed by atoms with Crippen LogP contribution in [0.5, 0.6) is 0 Å². The van der Waals surface area contributed by atoms with Crippen LogP contribution < -0.4 is 5.32 Å². The highest BCUT2D eigenvalue weighted by Gasteiger charge is 2.33. The molecule has 3 rings (SSSR count). The number of ether oxygens (including phenoxy) is 1. The summed E-state index contributed by atoms with van der Waals surface area (Å²) in [6.07, 6.45) is 6.05. The third kappa shape index (κ3) is 4.60. The molecule has 1 fully saturated rings. The van der Waals surface area contributed by atoms with E-state index < -0.39 is 5.97 Å². The molecule has 0 spiro atoms. The van der Waals surface area contributed by atoms with Crippen LogP contribution >= 0.6 is 0 Å². The van der Waals surface area contributed by atoms with Gasteiger partial charge in [-0.1, -0.05) is 24.3 Å². The maximum Gasteiger partial charge on any atom is 0.306 e. The molecule has 0 aromatic heterocycles. The minimum absolute atomic E-state index is 0.00763. The summed E-state index contributed by atoms with van der Waals surface area (Å²) in [7, 11) is 0. The van der Waals surface area contributed by atoms with Crippen molar-refractivity contribution in [2.75, 3.05) is 13.2 Å². The van der Waals surface area contributed by atoms with E-state index in [4.69, 9.17) is 9.84 Å². The SMILES string of the molecule is O=C(O)[C@@H]1CC[C@H](C(=O)NCCCOC2CCCc3ccccc32)C1. The molecular formula is C20H27NO4. The number of rotatable bonds is 7. The average molecular weight is 345 g/mol. The van der Waals surface area contributed by atoms with E-state index >= 15 is 0 Å². The zero-order valence-electron chi connectivity index (χ0n) is 14.6. The smallest absolute Gasteiger partial charge is 0.306 e. The molecule has 5 nitrogen and oxygen atoms in total. The van der Waals surface area contributed by atoms with Gasteiger partial charge < -0.3 is 15.2 Å². The zero-order valence-corrected chi connectivity index (χ0v) is 14.6. The molecule has 3 atom stereocenters. The standard InChI is InChI=1S/C20H27NO4/c22-19(15-9-10-16(13-15)20(23)24)21-11-4-12-25-18-8-3-6-14-5-1-2-7-17(14)18/h1-2,5,7,15-16,18H,3-4,6,8-13H2,(H,21,22)(H,23,24)/t15-,16+,18?/m0/s1. The molecule has 0 radical (unpaired) electrons. The van der Waals surface area contributed by atoms with Gasteiger partial charge in [-0.15, -0.1) is 0 Å². The van der Waals surface area contributed by atoms with Gasteiger partial charge in [0.1, 0.15) is 0 Å². The maximum atomic E-state index is 12.1. The fraction of sp³-hybridized carbons (Fsp3) is 0.600. The summed E-state index contributed by atoms with van der Waals surface area (Å²) in [5.41, 5.74) is 2.70. The lowest BCUT2D eigenvalue weighted by Gasteiger charge is -2.25. The number of carboxylic acid groups (broad SMARTS) is 1. The average Bonchev–Trinajstić information content (AvgIpc) is 3.12. The van der Waals surface area contributed by atoms with E-state index in [1.54, 1.807) is 0 Å². The Morgan fingerprint density at radius 1 is 1.16 bits per heavy atom. The van der Waals surface area contributed by atoms with Gasteiger partial charge in [0.15, 0.2) is 0 Å². The molecule has 25 heavy (non-hydrogen) atoms. The summed E-state index contributed by atoms with van der Waals surface area (Å²) in [6.45, 7) is 1.21. The Labute approximate surface area is 148 Å². The van der Waals surface area contributed by atoms with Gasteiger partial charge in [0.2, 0.25) is 5.91 Å². The first kappa shape index (κ1) is 17.9. The first-order chi connectivity index (χ1) is 12.1. The number of hydrogen-bond acceptors (Lipinski definition) is 3. The number of hydrogen-bond donors (Lipinski definition) is 2. The topological polar surface area (TPSA) is 75.6 Å². The summed E-state index contributed by atoms with van der Waals surface area (Å²) in [5.74, 6) is -1.29. The number of amides is 1. The van der Waals surface area contributed by atoms with Crippen LogP contribution in [-0.4, -0.2) is 30.1 Å². The monoisotopic (exact) mass is 345 g/mol. The first-order valence-corrected chi connectivity index (χ1v) is 9.35. The van der Waals surface area contributed by atoms with Crippen molar-refractivity contribution < 1.29 is 19.4 Å². The summed E-state index contributed by atoms with van der Waals surface area (Å²) in [5, 5.41) is 11.9. The third-order valence-electron chi connectivity index (χ3n) is 5.41. The van der Waals surface area contributed by atoms with Crippen LogP contribution in [0.25, 0.3) is 0 Å². The molecule has 0 heterocycles. The molecule has 0 aliphatic heterocycles. The molecule has 2 N–H and O–H groups in total. The molecule has 136 valence electrons. The van der Waals surface area contributed by atoms with Gasteiger partial charge in [0.25, 0.3) is 0 Å². The summed E-state index contributed by atoms with van der Waals surface area (Å²) in [4.78, 5) is 23.1. The third-order valence-corrected chi connectivity index (χ3v) is 5.41. The molecule has 2 aliphatic carbocycles. The lowest BCUT2D eigenvalue weighted by Crippen LogP contribution is -2.31. The molecule has 0 saturated heterocycles. The molecule has 1 unspecified atom stereocenters. The van der Waals surface area contributed by atoms with E-state index in [0.717, 1.165) is 25.7 Å². The first-order valence-electron chi connectivity index (χ1n) is 9.35. The van der Waals surface area contributed by atoms with Crippen molar-refractivity contribution in [1.82, 2.24) is 5.32 Å². The van der Waals surface area contributed by atoms with Crippen LogP contribution in [0.3, 0.4) is 0 Å². The number of carbonyl (C=O) groups is 2. The predicted molar refractivity (Wildman–Crippen MR) is 94.2 cm³/mol. The molecule has 5 heteroatoms. The quantitative estimate of drug-likeness (QED) is 0.745. The van der Waals surface area contributed by atoms with E-state index in [1.807, 2.05) is 0 Å². The Hall–Kier alpha value is -1.88. The van der Waals surface area contributed by atoms with Gasteiger partial charge in [-0.2, -0.15) is 0 Å². The number of nitrogens with one attached hydrogen (secondary N) is 1. The van der Waals surface area contributed by atoms with Crippen LogP contribution in [0.4, 0.5) is 0 Å². The summed E-state index contributed by atoms with van der Waals surface area (Å²) >= 11 is 0. The Morgan fingerprint density at radius 2 is 1.96 bits per heavy atom. The van der Waals surface area contributed by atoms with Crippen LogP contribution in [0.2, 0.25) is 0 Å². The Bertz CT molecular complexity index is 615. The van der Waals surface area contributed by atoms with E-state index in [1.165, 1.54) is 11.1 Å². The lowest BCUT2D eigenvalue weighted by molar-refractivity contribution is -0.141. The number of aryl methyl sites for hydroxylation is 1. The van der Waals surface area contributed by atoms with Crippen molar-refractivity contribution in [3.63, 3.8) is 0 Å². The number of carbonyl (C=O) groups excluding carboxylic acids is 1. The lowest BCUT2D eigenvalue weighted by atomic mass is 9.89. The van der Waals surface area contributed by atoms with Crippen LogP contribution in [-0.2, 0) is 20.7 Å². The van der Waals surface area contributed by atoms with E-state index in [2.05, 4.69) is 29.6 Å². The van der Waals surface area contributed by atoms with Crippen LogP contribution in [0, 0.1) is 11.8 Å². The van der Waals surface area contributed by atoms with Crippen molar-refractivity contribution in [3.05, 3.63) is 35.4 Å². The van der Waals surface area contributed by atoms with Gasteiger partial charge in [0.05, 0.1) is 12.0 Å². The van der Waals surface area contributed by atoms with Gasteiger partial charge in [-0.05, 0) is 56.1 Å². The van der Waals surface area contributed by atoms with Crippen molar-refractivity contribution in [1.29, 1.82) is 0 Å². The normalized spacial score (nSPS) is 25.4. The summed E-state index contributed by atoms with van der Waals surface area (Å²) < 4.78 is 6.04. The van der Waals surface area contributed by atoms with Gasteiger partial charge in [0, 0.05) is 19.1 Å². The van der Waals surface area contributed by atoms with Gasteiger partial charge in [-0.3, -0.25) is 9.59 Å². The zero-order chi connectivity index (χ0) is 17.6. The van der Waals surface area contributed by atoms with Crippen LogP contribution in [0.1, 0.15) is 55.8 Å². The highest BCUT2D eigenvalue weighted by Crippen LogP contribution is 2.32. The number of aliphatic carboxylic acids is 1. The van der Waals surface area contributed by atoms with E-state index in [0.29, 0.717) is 32.4 Å². The van der Waals surface area contributed by atoms with Crippen molar-refractivity contribution in [3.8, 4) is 0 Å². The van der Waals surface area contributed by atoms with E-state index in [-0.39, 0.29) is 23.8 Å². The maximum absolute atomic E-state index is 12.1. The second-order valence-electron chi connectivity index (χ2n) is 7.14. The molecule has 1 aromatic rings. The van der Waals surface area contributed by atoms with Gasteiger partial charge >= 0.3 is 5.97 Å². The van der Waals surface area contributed by atoms with Crippen molar-refractivity contribution in [2.45, 2.75) is 51.0 Å². The molecule has 1 saturated carbocycles. The second kappa shape index (κ2) is 8.48. The number of benzene rings is 1. The second-order valence-corrected chi connectivity index (χ2v) is 7.14. The molecular weight excluding hydrogens is 318 g/mol. The molecule has 2 aliphatic rings.